The van der Waals surface area contributed by atoms with Gasteiger partial charge in [-0.25, -0.2) is 0 Å². The Morgan fingerprint density at radius 2 is 2.04 bits per heavy atom. The number of pyridine rings is 2. The monoisotopic (exact) mass is 367 g/mol. The number of hydrogen-bond donors (Lipinski definition) is 1. The van der Waals surface area contributed by atoms with E-state index in [0.29, 0.717) is 25.1 Å². The maximum Gasteiger partial charge on any atom is 0.254 e. The lowest BCUT2D eigenvalue weighted by molar-refractivity contribution is 0.0729. The van der Waals surface area contributed by atoms with Gasteiger partial charge in [-0.1, -0.05) is 13.0 Å². The molecular formula is C20H21N3O2S. The van der Waals surface area contributed by atoms with Crippen LogP contribution in [0, 0.1) is 6.92 Å². The van der Waals surface area contributed by atoms with E-state index in [1.165, 1.54) is 10.9 Å². The van der Waals surface area contributed by atoms with Gasteiger partial charge in [-0.15, -0.1) is 11.3 Å². The number of carbonyl (C=O) groups excluding carboxylic acids is 1. The Morgan fingerprint density at radius 1 is 1.19 bits per heavy atom. The quantitative estimate of drug-likeness (QED) is 0.725. The molecule has 0 aliphatic heterocycles. The highest BCUT2D eigenvalue weighted by atomic mass is 32.1. The molecule has 6 heteroatoms. The van der Waals surface area contributed by atoms with Crippen LogP contribution in [0.3, 0.4) is 0 Å². The Balaban J connectivity index is 1.92. The van der Waals surface area contributed by atoms with Gasteiger partial charge in [0.25, 0.3) is 5.91 Å². The van der Waals surface area contributed by atoms with Crippen molar-refractivity contribution in [1.29, 1.82) is 0 Å². The molecule has 26 heavy (non-hydrogen) atoms. The molecule has 0 aliphatic carbocycles. The zero-order chi connectivity index (χ0) is 18.5. The number of nitrogens with zero attached hydrogens (tertiary/aromatic N) is 2. The van der Waals surface area contributed by atoms with E-state index in [0.717, 1.165) is 16.3 Å². The average Bonchev–Trinajstić information content (AvgIpc) is 3.05. The van der Waals surface area contributed by atoms with Gasteiger partial charge < -0.3 is 9.88 Å². The molecule has 0 saturated heterocycles. The van der Waals surface area contributed by atoms with Crippen LogP contribution >= 0.6 is 11.3 Å². The molecular weight excluding hydrogens is 346 g/mol. The van der Waals surface area contributed by atoms with Crippen LogP contribution in [0.15, 0.2) is 53.5 Å². The van der Waals surface area contributed by atoms with E-state index in [9.17, 15) is 9.59 Å². The first-order chi connectivity index (χ1) is 12.5. The van der Waals surface area contributed by atoms with Gasteiger partial charge in [-0.3, -0.25) is 14.6 Å². The summed E-state index contributed by atoms with van der Waals surface area (Å²) in [4.78, 5) is 36.1. The van der Waals surface area contributed by atoms with E-state index in [2.05, 4.69) is 9.97 Å². The second kappa shape index (κ2) is 8.10. The Labute approximate surface area is 156 Å². The summed E-state index contributed by atoms with van der Waals surface area (Å²) in [5, 5.41) is 0. The van der Waals surface area contributed by atoms with Crippen LogP contribution in [0.4, 0.5) is 0 Å². The van der Waals surface area contributed by atoms with Crippen molar-refractivity contribution in [3.05, 3.63) is 85.7 Å². The third-order valence-electron chi connectivity index (χ3n) is 4.04. The second-order valence-electron chi connectivity index (χ2n) is 6.11. The molecule has 3 heterocycles. The minimum Gasteiger partial charge on any atom is -0.328 e. The fraction of sp³-hybridized carbons (Fsp3) is 0.250. The Hall–Kier alpha value is -2.73. The fourth-order valence-electron chi connectivity index (χ4n) is 2.74. The summed E-state index contributed by atoms with van der Waals surface area (Å²) in [6.45, 7) is 4.87. The summed E-state index contributed by atoms with van der Waals surface area (Å²) in [5.41, 5.74) is 1.73. The first-order valence-corrected chi connectivity index (χ1v) is 9.34. The predicted octanol–water partition coefficient (Wildman–Crippen LogP) is 3.54. The summed E-state index contributed by atoms with van der Waals surface area (Å²) in [5.74, 6) is -0.164. The van der Waals surface area contributed by atoms with Gasteiger partial charge in [0.1, 0.15) is 0 Å². The minimum atomic E-state index is -0.252. The smallest absolute Gasteiger partial charge is 0.254 e. The molecule has 3 aromatic rings. The molecule has 3 aromatic heterocycles. The molecule has 1 N–H and O–H groups in total. The maximum absolute atomic E-state index is 13.1. The SMILES string of the molecule is CCc1cc(C(=O)N(Cc2ccccn2)Cc2ccc(C)s2)cc(=O)[nH]1. The van der Waals surface area contributed by atoms with E-state index in [4.69, 9.17) is 0 Å². The van der Waals surface area contributed by atoms with Gasteiger partial charge >= 0.3 is 0 Å². The summed E-state index contributed by atoms with van der Waals surface area (Å²) in [7, 11) is 0. The van der Waals surface area contributed by atoms with Gasteiger partial charge in [0.15, 0.2) is 0 Å². The van der Waals surface area contributed by atoms with Crippen molar-refractivity contribution >= 4 is 17.2 Å². The lowest BCUT2D eigenvalue weighted by Gasteiger charge is -2.22. The summed E-state index contributed by atoms with van der Waals surface area (Å²) >= 11 is 1.67. The number of rotatable bonds is 6. The van der Waals surface area contributed by atoms with Crippen molar-refractivity contribution in [3.8, 4) is 0 Å². The number of aromatic amines is 1. The molecule has 0 saturated carbocycles. The number of amides is 1. The van der Waals surface area contributed by atoms with Crippen LogP contribution in [-0.4, -0.2) is 20.8 Å². The first kappa shape index (κ1) is 18.1. The van der Waals surface area contributed by atoms with E-state index >= 15 is 0 Å². The van der Waals surface area contributed by atoms with Gasteiger partial charge in [0, 0.05) is 33.3 Å². The van der Waals surface area contributed by atoms with Gasteiger partial charge in [-0.2, -0.15) is 0 Å². The summed E-state index contributed by atoms with van der Waals surface area (Å²) in [6.07, 6.45) is 2.39. The minimum absolute atomic E-state index is 0.164. The van der Waals surface area contributed by atoms with E-state index in [-0.39, 0.29) is 11.5 Å². The van der Waals surface area contributed by atoms with Crippen molar-refractivity contribution in [3.63, 3.8) is 0 Å². The van der Waals surface area contributed by atoms with Crippen molar-refractivity contribution in [2.24, 2.45) is 0 Å². The van der Waals surface area contributed by atoms with Crippen molar-refractivity contribution in [1.82, 2.24) is 14.9 Å². The van der Waals surface area contributed by atoms with E-state index < -0.39 is 0 Å². The lowest BCUT2D eigenvalue weighted by atomic mass is 10.1. The lowest BCUT2D eigenvalue weighted by Crippen LogP contribution is -2.31. The Kier molecular flexibility index (Phi) is 5.63. The van der Waals surface area contributed by atoms with Crippen molar-refractivity contribution in [2.75, 3.05) is 0 Å². The number of hydrogen-bond acceptors (Lipinski definition) is 4. The zero-order valence-electron chi connectivity index (χ0n) is 14.9. The highest BCUT2D eigenvalue weighted by Crippen LogP contribution is 2.20. The number of carbonyl (C=O) groups is 1. The molecule has 0 spiro atoms. The molecule has 0 radical (unpaired) electrons. The summed E-state index contributed by atoms with van der Waals surface area (Å²) in [6, 6.07) is 12.9. The van der Waals surface area contributed by atoms with Crippen LogP contribution in [-0.2, 0) is 19.5 Å². The number of nitrogens with one attached hydrogen (secondary N) is 1. The summed E-state index contributed by atoms with van der Waals surface area (Å²) < 4.78 is 0. The van der Waals surface area contributed by atoms with Crippen LogP contribution in [0.2, 0.25) is 0 Å². The molecule has 134 valence electrons. The van der Waals surface area contributed by atoms with Crippen molar-refractivity contribution in [2.45, 2.75) is 33.4 Å². The van der Waals surface area contributed by atoms with Gasteiger partial charge in [0.2, 0.25) is 5.56 Å². The van der Waals surface area contributed by atoms with Crippen LogP contribution < -0.4 is 5.56 Å². The number of H-pyrrole nitrogens is 1. The molecule has 0 unspecified atom stereocenters. The zero-order valence-corrected chi connectivity index (χ0v) is 15.7. The standard InChI is InChI=1S/C20H21N3O2S/c1-3-16-10-15(11-19(24)22-16)20(25)23(12-17-6-4-5-9-21-17)13-18-8-7-14(2)26-18/h4-11H,3,12-13H2,1-2H3,(H,22,24). The molecule has 5 nitrogen and oxygen atoms in total. The Morgan fingerprint density at radius 3 is 2.69 bits per heavy atom. The highest BCUT2D eigenvalue weighted by Gasteiger charge is 2.19. The third-order valence-corrected chi connectivity index (χ3v) is 5.02. The second-order valence-corrected chi connectivity index (χ2v) is 7.48. The van der Waals surface area contributed by atoms with E-state index in [1.54, 1.807) is 28.5 Å². The number of thiophene rings is 1. The molecule has 0 fully saturated rings. The third kappa shape index (κ3) is 4.46. The first-order valence-electron chi connectivity index (χ1n) is 8.53. The van der Waals surface area contributed by atoms with Gasteiger partial charge in [0.05, 0.1) is 18.8 Å². The molecule has 1 amide bonds. The average molecular weight is 367 g/mol. The van der Waals surface area contributed by atoms with Gasteiger partial charge in [-0.05, 0) is 43.7 Å². The molecule has 0 bridgehead atoms. The van der Waals surface area contributed by atoms with Crippen LogP contribution in [0.1, 0.15) is 38.4 Å². The molecule has 0 aliphatic rings. The normalized spacial score (nSPS) is 10.7. The highest BCUT2D eigenvalue weighted by molar-refractivity contribution is 7.11. The number of aromatic nitrogens is 2. The molecule has 0 atom stereocenters. The topological polar surface area (TPSA) is 66.1 Å². The largest absolute Gasteiger partial charge is 0.328 e. The predicted molar refractivity (Wildman–Crippen MR) is 103 cm³/mol. The van der Waals surface area contributed by atoms with Crippen LogP contribution in [0.25, 0.3) is 0 Å². The molecule has 0 aromatic carbocycles. The van der Waals surface area contributed by atoms with Crippen molar-refractivity contribution < 1.29 is 4.79 Å². The fourth-order valence-corrected chi connectivity index (χ4v) is 3.65. The van der Waals surface area contributed by atoms with Crippen LogP contribution in [0.5, 0.6) is 0 Å². The molecule has 3 rings (SSSR count). The maximum atomic E-state index is 13.1. The number of aryl methyl sites for hydroxylation is 2. The Bertz CT molecular complexity index is 947. The van der Waals surface area contributed by atoms with E-state index in [1.807, 2.05) is 44.2 Å².